The molecule has 0 unspecified atom stereocenters. The summed E-state index contributed by atoms with van der Waals surface area (Å²) in [6.07, 6.45) is 4.75. The molecule has 1 aliphatic rings. The molecule has 1 aliphatic heterocycles. The zero-order valence-corrected chi connectivity index (χ0v) is 14.0. The summed E-state index contributed by atoms with van der Waals surface area (Å²) in [7, 11) is 0. The van der Waals surface area contributed by atoms with Crippen molar-refractivity contribution in [2.24, 2.45) is 11.1 Å². The van der Waals surface area contributed by atoms with E-state index in [1.807, 2.05) is 32.9 Å². The summed E-state index contributed by atoms with van der Waals surface area (Å²) in [6, 6.07) is 3.79. The molecule has 0 bridgehead atoms. The Morgan fingerprint density at radius 3 is 2.48 bits per heavy atom. The number of rotatable bonds is 3. The van der Waals surface area contributed by atoms with Gasteiger partial charge in [-0.3, -0.25) is 9.78 Å². The van der Waals surface area contributed by atoms with Gasteiger partial charge in [0.15, 0.2) is 0 Å². The first kappa shape index (κ1) is 17.2. The third-order valence-corrected chi connectivity index (χ3v) is 4.16. The number of carbonyl (C=O) groups excluding carboxylic acids is 2. The van der Waals surface area contributed by atoms with Crippen molar-refractivity contribution in [3.8, 4) is 0 Å². The number of nitrogens with two attached hydrogens (primary N) is 1. The molecule has 0 aliphatic carbocycles. The van der Waals surface area contributed by atoms with E-state index in [-0.39, 0.29) is 12.0 Å². The Balaban J connectivity index is 2.03. The molecule has 0 saturated carbocycles. The summed E-state index contributed by atoms with van der Waals surface area (Å²) in [5.74, 6) is -0.315. The molecule has 2 rings (SSSR count). The molecule has 1 saturated heterocycles. The van der Waals surface area contributed by atoms with Crippen molar-refractivity contribution in [3.05, 3.63) is 30.1 Å². The van der Waals surface area contributed by atoms with Crippen molar-refractivity contribution in [1.29, 1.82) is 0 Å². The number of aromatic nitrogens is 1. The summed E-state index contributed by atoms with van der Waals surface area (Å²) in [6.45, 7) is 6.46. The number of ether oxygens (including phenoxy) is 1. The van der Waals surface area contributed by atoms with Gasteiger partial charge >= 0.3 is 6.09 Å². The van der Waals surface area contributed by atoms with Crippen LogP contribution < -0.4 is 5.73 Å². The van der Waals surface area contributed by atoms with Gasteiger partial charge < -0.3 is 15.4 Å². The van der Waals surface area contributed by atoms with Crippen LogP contribution in [0.15, 0.2) is 24.5 Å². The zero-order valence-electron chi connectivity index (χ0n) is 14.0. The van der Waals surface area contributed by atoms with Gasteiger partial charge in [0.2, 0.25) is 5.91 Å². The molecule has 2 heterocycles. The van der Waals surface area contributed by atoms with Gasteiger partial charge in [-0.1, -0.05) is 6.07 Å². The van der Waals surface area contributed by atoms with Crippen molar-refractivity contribution in [1.82, 2.24) is 9.88 Å². The highest BCUT2D eigenvalue weighted by Crippen LogP contribution is 2.35. The lowest BCUT2D eigenvalue weighted by Crippen LogP contribution is -2.50. The van der Waals surface area contributed by atoms with Crippen LogP contribution in [0.25, 0.3) is 0 Å². The predicted molar refractivity (Wildman–Crippen MR) is 86.6 cm³/mol. The largest absolute Gasteiger partial charge is 0.444 e. The second kappa shape index (κ2) is 6.56. The molecule has 0 spiro atoms. The molecule has 6 heteroatoms. The Labute approximate surface area is 137 Å². The number of pyridine rings is 1. The Morgan fingerprint density at radius 1 is 1.35 bits per heavy atom. The molecule has 0 radical (unpaired) electrons. The predicted octanol–water partition coefficient (Wildman–Crippen LogP) is 2.13. The molecular weight excluding hydrogens is 294 g/mol. The number of carbonyl (C=O) groups is 2. The third-order valence-electron chi connectivity index (χ3n) is 4.16. The van der Waals surface area contributed by atoms with Gasteiger partial charge in [0.25, 0.3) is 0 Å². The maximum absolute atomic E-state index is 12.1. The average Bonchev–Trinajstić information content (AvgIpc) is 2.47. The number of piperidine rings is 1. The minimum absolute atomic E-state index is 0.315. The summed E-state index contributed by atoms with van der Waals surface area (Å²) in [4.78, 5) is 29.9. The first-order valence-electron chi connectivity index (χ1n) is 7.89. The van der Waals surface area contributed by atoms with E-state index in [4.69, 9.17) is 10.5 Å². The first-order valence-corrected chi connectivity index (χ1v) is 7.89. The molecule has 0 aromatic carbocycles. The fraction of sp³-hybridized carbons (Fsp3) is 0.588. The Morgan fingerprint density at radius 2 is 2.00 bits per heavy atom. The van der Waals surface area contributed by atoms with Crippen LogP contribution in [0.1, 0.15) is 39.2 Å². The Kier molecular flexibility index (Phi) is 4.92. The smallest absolute Gasteiger partial charge is 0.410 e. The standard InChI is InChI=1S/C17H25N3O3/c1-16(2,3)23-15(22)20-9-6-17(7-10-20,14(18)21)11-13-5-4-8-19-12-13/h4-5,8,12H,6-7,9-11H2,1-3H3,(H2,18,21). The number of amides is 2. The van der Waals surface area contributed by atoms with E-state index in [2.05, 4.69) is 4.98 Å². The van der Waals surface area contributed by atoms with Crippen LogP contribution in [-0.2, 0) is 16.0 Å². The average molecular weight is 319 g/mol. The molecule has 1 aromatic heterocycles. The Hall–Kier alpha value is -2.11. The van der Waals surface area contributed by atoms with Gasteiger partial charge in [-0.2, -0.15) is 0 Å². The lowest BCUT2D eigenvalue weighted by molar-refractivity contribution is -0.130. The van der Waals surface area contributed by atoms with Crippen molar-refractivity contribution < 1.29 is 14.3 Å². The second-order valence-electron chi connectivity index (χ2n) is 7.15. The molecule has 2 amide bonds. The van der Waals surface area contributed by atoms with Crippen molar-refractivity contribution in [3.63, 3.8) is 0 Å². The van der Waals surface area contributed by atoms with E-state index < -0.39 is 11.0 Å². The molecule has 0 atom stereocenters. The van der Waals surface area contributed by atoms with Crippen molar-refractivity contribution >= 4 is 12.0 Å². The van der Waals surface area contributed by atoms with Gasteiger partial charge in [0.05, 0.1) is 5.41 Å². The van der Waals surface area contributed by atoms with Crippen LogP contribution in [0.4, 0.5) is 4.79 Å². The van der Waals surface area contributed by atoms with Crippen LogP contribution in [0, 0.1) is 5.41 Å². The quantitative estimate of drug-likeness (QED) is 0.924. The van der Waals surface area contributed by atoms with E-state index in [9.17, 15) is 9.59 Å². The lowest BCUT2D eigenvalue weighted by Gasteiger charge is -2.40. The summed E-state index contributed by atoms with van der Waals surface area (Å²) >= 11 is 0. The first-order chi connectivity index (χ1) is 10.7. The summed E-state index contributed by atoms with van der Waals surface area (Å²) in [5, 5.41) is 0. The van der Waals surface area contributed by atoms with Gasteiger partial charge in [0, 0.05) is 25.5 Å². The number of nitrogens with zero attached hydrogens (tertiary/aromatic N) is 2. The minimum atomic E-state index is -0.623. The monoisotopic (exact) mass is 319 g/mol. The van der Waals surface area contributed by atoms with Gasteiger partial charge in [-0.15, -0.1) is 0 Å². The van der Waals surface area contributed by atoms with E-state index in [1.54, 1.807) is 17.3 Å². The van der Waals surface area contributed by atoms with Crippen molar-refractivity contribution in [2.45, 2.75) is 45.6 Å². The highest BCUT2D eigenvalue weighted by molar-refractivity contribution is 5.81. The van der Waals surface area contributed by atoms with Crippen LogP contribution >= 0.6 is 0 Å². The van der Waals surface area contributed by atoms with Gasteiger partial charge in [0.1, 0.15) is 5.60 Å². The molecule has 6 nitrogen and oxygen atoms in total. The second-order valence-corrected chi connectivity index (χ2v) is 7.15. The fourth-order valence-electron chi connectivity index (χ4n) is 2.85. The SMILES string of the molecule is CC(C)(C)OC(=O)N1CCC(Cc2cccnc2)(C(N)=O)CC1. The van der Waals surface area contributed by atoms with Crippen LogP contribution in [0.3, 0.4) is 0 Å². The zero-order chi connectivity index (χ0) is 17.1. The number of hydrogen-bond acceptors (Lipinski definition) is 4. The van der Waals surface area contributed by atoms with Crippen molar-refractivity contribution in [2.75, 3.05) is 13.1 Å². The van der Waals surface area contributed by atoms with E-state index in [0.29, 0.717) is 32.4 Å². The highest BCUT2D eigenvalue weighted by atomic mass is 16.6. The van der Waals surface area contributed by atoms with E-state index in [0.717, 1.165) is 5.56 Å². The molecule has 23 heavy (non-hydrogen) atoms. The van der Waals surface area contributed by atoms with Crippen LogP contribution in [-0.4, -0.2) is 40.6 Å². The maximum atomic E-state index is 12.1. The summed E-state index contributed by atoms with van der Waals surface area (Å²) < 4.78 is 5.38. The molecular formula is C17H25N3O3. The third kappa shape index (κ3) is 4.43. The Bertz CT molecular complexity index is 558. The topological polar surface area (TPSA) is 85.5 Å². The van der Waals surface area contributed by atoms with E-state index in [1.165, 1.54) is 0 Å². The minimum Gasteiger partial charge on any atom is -0.444 e. The van der Waals surface area contributed by atoms with Gasteiger partial charge in [-0.05, 0) is 51.7 Å². The normalized spacial score (nSPS) is 17.6. The highest BCUT2D eigenvalue weighted by Gasteiger charge is 2.41. The number of likely N-dealkylation sites (tertiary alicyclic amines) is 1. The molecule has 126 valence electrons. The van der Waals surface area contributed by atoms with Gasteiger partial charge in [-0.25, -0.2) is 4.79 Å². The maximum Gasteiger partial charge on any atom is 0.410 e. The summed E-state index contributed by atoms with van der Waals surface area (Å²) in [5.41, 5.74) is 5.52. The molecule has 1 fully saturated rings. The molecule has 2 N–H and O–H groups in total. The molecule has 1 aromatic rings. The van der Waals surface area contributed by atoms with Crippen LogP contribution in [0.2, 0.25) is 0 Å². The van der Waals surface area contributed by atoms with Crippen LogP contribution in [0.5, 0.6) is 0 Å². The fourth-order valence-corrected chi connectivity index (χ4v) is 2.85. The lowest BCUT2D eigenvalue weighted by atomic mass is 9.73. The number of primary amides is 1. The van der Waals surface area contributed by atoms with E-state index >= 15 is 0 Å². The number of hydrogen-bond donors (Lipinski definition) is 1.